The first-order valence-electron chi connectivity index (χ1n) is 11.5. The van der Waals surface area contributed by atoms with Crippen molar-refractivity contribution in [2.24, 2.45) is 5.73 Å². The van der Waals surface area contributed by atoms with Gasteiger partial charge in [-0.1, -0.05) is 36.0 Å². The molecule has 0 bridgehead atoms. The number of rotatable bonds is 12. The van der Waals surface area contributed by atoms with Gasteiger partial charge in [0.1, 0.15) is 23.4 Å². The fourth-order valence-corrected chi connectivity index (χ4v) is 7.54. The smallest absolute Gasteiger partial charge is 1.00 e. The molecule has 0 radical (unpaired) electrons. The molecule has 4 rings (SSSR count). The summed E-state index contributed by atoms with van der Waals surface area (Å²) in [5.74, 6) is -1.71. The molecular formula is C21H27N7NaO7PS2. The summed E-state index contributed by atoms with van der Waals surface area (Å²) < 4.78 is 18.0. The Hall–Kier alpha value is -1.75. The molecule has 18 heteroatoms. The summed E-state index contributed by atoms with van der Waals surface area (Å²) in [6.45, 7) is 1.90. The van der Waals surface area contributed by atoms with Gasteiger partial charge in [0, 0.05) is 18.1 Å². The Balaban J connectivity index is 0.00000280. The number of aliphatic carboxylic acids is 1. The van der Waals surface area contributed by atoms with Crippen molar-refractivity contribution in [2.45, 2.75) is 42.7 Å². The van der Waals surface area contributed by atoms with Crippen molar-refractivity contribution in [3.63, 3.8) is 0 Å². The normalized spacial score (nSPS) is 20.0. The summed E-state index contributed by atoms with van der Waals surface area (Å²) in [4.78, 5) is 48.8. The van der Waals surface area contributed by atoms with E-state index in [2.05, 4.69) is 20.8 Å². The number of carboxylic acids is 1. The number of thioether (sulfide) groups is 2. The second-order valence-electron chi connectivity index (χ2n) is 8.31. The third-order valence-electron chi connectivity index (χ3n) is 5.77. The maximum Gasteiger partial charge on any atom is 1.00 e. The monoisotopic (exact) mass is 607 g/mol. The van der Waals surface area contributed by atoms with Crippen LogP contribution in [0.4, 0.5) is 0 Å². The van der Waals surface area contributed by atoms with E-state index < -0.39 is 37.2 Å². The number of carbonyl (C=O) groups is 3. The van der Waals surface area contributed by atoms with E-state index in [9.17, 15) is 28.9 Å². The van der Waals surface area contributed by atoms with Gasteiger partial charge in [-0.15, -0.1) is 16.9 Å². The minimum Gasteiger partial charge on any atom is -1.00 e. The van der Waals surface area contributed by atoms with Crippen molar-refractivity contribution in [2.75, 3.05) is 18.1 Å². The fraction of sp³-hybridized carbons (Fsp3) is 0.429. The fourth-order valence-electron chi connectivity index (χ4n) is 4.07. The number of hydrogen-bond acceptors (Lipinski definition) is 11. The predicted octanol–water partition coefficient (Wildman–Crippen LogP) is -2.50. The summed E-state index contributed by atoms with van der Waals surface area (Å²) >= 11 is 2.41. The average molecular weight is 608 g/mol. The van der Waals surface area contributed by atoms with E-state index in [1.54, 1.807) is 19.1 Å². The van der Waals surface area contributed by atoms with Gasteiger partial charge in [-0.2, -0.15) is 0 Å². The van der Waals surface area contributed by atoms with Crippen LogP contribution in [0.25, 0.3) is 0 Å². The number of aromatic nitrogens is 4. The second-order valence-corrected chi connectivity index (χ2v) is 12.2. The molecule has 0 spiro atoms. The van der Waals surface area contributed by atoms with Crippen molar-refractivity contribution in [3.8, 4) is 0 Å². The maximum atomic E-state index is 12.9. The van der Waals surface area contributed by atoms with Crippen LogP contribution in [0.15, 0.2) is 40.7 Å². The number of nitrogens with two attached hydrogens (primary N) is 1. The molecule has 5 N–H and O–H groups in total. The summed E-state index contributed by atoms with van der Waals surface area (Å²) in [6, 6.07) is 6.42. The number of nitrogens with one attached hydrogen (secondary N) is 1. The van der Waals surface area contributed by atoms with Crippen LogP contribution in [0.3, 0.4) is 0 Å². The second kappa shape index (κ2) is 13.7. The molecule has 1 saturated heterocycles. The number of carbonyl (C=O) groups excluding carboxylic acids is 2. The standard InChI is InChI=1S/C21H26N7O7PS2.Na.H/c1-2-35-36(33,34)11-27-21(24-25-26-27)38-10-14-9-37-19-16(18(30)28(19)17(14)20(31)32)23-15(29)7-12-5-3-4-6-13(12)8-22;;/h3-6,16,19H,2,7-11,22H2,1H3,(H,23,29)(H,31,32)(H,33,34);;/q;+1;-1/t16-,19-;;/m1../s1. The minimum atomic E-state index is -3.95. The first-order chi connectivity index (χ1) is 18.1. The molecule has 206 valence electrons. The van der Waals surface area contributed by atoms with Crippen LogP contribution in [0.1, 0.15) is 19.5 Å². The van der Waals surface area contributed by atoms with Gasteiger partial charge in [-0.3, -0.25) is 19.1 Å². The molecule has 0 aliphatic carbocycles. The van der Waals surface area contributed by atoms with E-state index in [1.807, 2.05) is 12.1 Å². The van der Waals surface area contributed by atoms with Crippen molar-refractivity contribution in [1.82, 2.24) is 30.4 Å². The quantitative estimate of drug-likeness (QED) is 0.0854. The van der Waals surface area contributed by atoms with Crippen LogP contribution in [-0.2, 0) is 42.7 Å². The van der Waals surface area contributed by atoms with Crippen LogP contribution in [-0.4, -0.2) is 82.4 Å². The van der Waals surface area contributed by atoms with Crippen molar-refractivity contribution in [1.29, 1.82) is 0 Å². The maximum absolute atomic E-state index is 12.9. The van der Waals surface area contributed by atoms with Gasteiger partial charge in [-0.05, 0) is 34.1 Å². The number of β-lactam (4-membered cyclic amide) rings is 1. The average Bonchev–Trinajstić information content (AvgIpc) is 3.31. The Morgan fingerprint density at radius 2 is 2.08 bits per heavy atom. The zero-order valence-electron chi connectivity index (χ0n) is 22.2. The van der Waals surface area contributed by atoms with Gasteiger partial charge in [-0.25, -0.2) is 9.48 Å². The van der Waals surface area contributed by atoms with E-state index in [0.29, 0.717) is 11.3 Å². The zero-order chi connectivity index (χ0) is 27.4. The molecule has 3 heterocycles. The Morgan fingerprint density at radius 1 is 1.36 bits per heavy atom. The first-order valence-corrected chi connectivity index (χ1v) is 15.3. The first kappa shape index (κ1) is 31.8. The molecule has 2 aliphatic heterocycles. The van der Waals surface area contributed by atoms with E-state index >= 15 is 0 Å². The molecule has 14 nitrogen and oxygen atoms in total. The minimum absolute atomic E-state index is 0. The molecule has 39 heavy (non-hydrogen) atoms. The molecule has 1 fully saturated rings. The van der Waals surface area contributed by atoms with Gasteiger partial charge < -0.3 is 27.0 Å². The van der Waals surface area contributed by atoms with Crippen LogP contribution in [0.5, 0.6) is 0 Å². The van der Waals surface area contributed by atoms with E-state index in [0.717, 1.165) is 27.6 Å². The van der Waals surface area contributed by atoms with Gasteiger partial charge in [0.25, 0.3) is 5.91 Å². The molecule has 0 saturated carbocycles. The Bertz CT molecular complexity index is 1330. The van der Waals surface area contributed by atoms with E-state index in [-0.39, 0.29) is 73.1 Å². The molecular weight excluding hydrogens is 580 g/mol. The molecule has 2 aliphatic rings. The molecule has 2 amide bonds. The van der Waals surface area contributed by atoms with Crippen LogP contribution in [0, 0.1) is 0 Å². The third kappa shape index (κ3) is 7.31. The van der Waals surface area contributed by atoms with E-state index in [1.165, 1.54) is 16.7 Å². The number of hydrogen-bond donors (Lipinski definition) is 4. The summed E-state index contributed by atoms with van der Waals surface area (Å²) in [5.41, 5.74) is 7.65. The number of tetrazole rings is 1. The predicted molar refractivity (Wildman–Crippen MR) is 139 cm³/mol. The number of fused-ring (bicyclic) bond motifs is 1. The summed E-state index contributed by atoms with van der Waals surface area (Å²) in [5, 5.41) is 23.3. The number of nitrogens with zero attached hydrogens (tertiary/aromatic N) is 5. The number of carboxylic acid groups (broad SMARTS) is 1. The Labute approximate surface area is 255 Å². The van der Waals surface area contributed by atoms with Crippen molar-refractivity contribution >= 4 is 48.9 Å². The van der Waals surface area contributed by atoms with Gasteiger partial charge in [0.2, 0.25) is 11.1 Å². The molecule has 2 aromatic rings. The van der Waals surface area contributed by atoms with Crippen LogP contribution in [0.2, 0.25) is 0 Å². The topological polar surface area (TPSA) is 203 Å². The van der Waals surface area contributed by atoms with Gasteiger partial charge in [0.05, 0.1) is 13.0 Å². The molecule has 1 aromatic heterocycles. The molecule has 1 unspecified atom stereocenters. The van der Waals surface area contributed by atoms with Gasteiger partial charge in [0.15, 0.2) is 0 Å². The zero-order valence-corrected chi connectivity index (χ0v) is 25.7. The van der Waals surface area contributed by atoms with Crippen molar-refractivity contribution in [3.05, 3.63) is 46.7 Å². The SMILES string of the molecule is CCOP(=O)(O)Cn1nnnc1SCC1=C(C(=O)O)N2C(=O)[C@@H](NC(=O)Cc3ccccc3CN)[C@H]2SC1.[H-].[Na+]. The summed E-state index contributed by atoms with van der Waals surface area (Å²) in [6.07, 6.45) is -0.406. The molecule has 3 atom stereocenters. The number of amides is 2. The Morgan fingerprint density at radius 3 is 2.74 bits per heavy atom. The third-order valence-corrected chi connectivity index (χ3v) is 9.44. The van der Waals surface area contributed by atoms with Crippen LogP contribution < -0.4 is 40.6 Å². The van der Waals surface area contributed by atoms with E-state index in [4.69, 9.17) is 10.3 Å². The Kier molecular flexibility index (Phi) is 11.2. The summed E-state index contributed by atoms with van der Waals surface area (Å²) in [7, 11) is -3.95. The van der Waals surface area contributed by atoms with Crippen molar-refractivity contribution < 1.29 is 64.5 Å². The van der Waals surface area contributed by atoms with Gasteiger partial charge >= 0.3 is 43.1 Å². The largest absolute Gasteiger partial charge is 1.00 e. The molecule has 1 aromatic carbocycles. The van der Waals surface area contributed by atoms with Crippen LogP contribution >= 0.6 is 31.1 Å². The number of benzene rings is 1.